The van der Waals surface area contributed by atoms with Gasteiger partial charge in [0.05, 0.1) is 12.3 Å². The minimum atomic E-state index is -1.08. The van der Waals surface area contributed by atoms with Crippen LogP contribution in [0.5, 0.6) is 0 Å². The molecule has 1 unspecified atom stereocenters. The van der Waals surface area contributed by atoms with Crippen LogP contribution in [0.1, 0.15) is 32.3 Å². The van der Waals surface area contributed by atoms with Crippen molar-refractivity contribution < 1.29 is 19.4 Å². The van der Waals surface area contributed by atoms with Gasteiger partial charge in [0.2, 0.25) is 0 Å². The molecule has 1 N–H and O–H groups in total. The van der Waals surface area contributed by atoms with Crippen LogP contribution in [0.3, 0.4) is 0 Å². The van der Waals surface area contributed by atoms with Crippen molar-refractivity contribution in [1.29, 1.82) is 0 Å². The fourth-order valence-electron chi connectivity index (χ4n) is 2.39. The molecule has 1 aliphatic rings. The molecule has 0 radical (unpaired) electrons. The number of hydrogen-bond donors (Lipinski definition) is 1. The summed E-state index contributed by atoms with van der Waals surface area (Å²) in [4.78, 5) is 25.1. The Labute approximate surface area is 118 Å². The first-order valence-electron chi connectivity index (χ1n) is 6.78. The number of carboxylic acid groups (broad SMARTS) is 1. The molecule has 0 saturated carbocycles. The first kappa shape index (κ1) is 14.4. The molecular formula is C15H19NO4. The van der Waals surface area contributed by atoms with Crippen molar-refractivity contribution in [3.8, 4) is 0 Å². The van der Waals surface area contributed by atoms with Gasteiger partial charge in [-0.2, -0.15) is 0 Å². The number of fused-ring (bicyclic) bond motifs is 1. The third-order valence-electron chi connectivity index (χ3n) is 3.68. The Hall–Kier alpha value is -2.04. The van der Waals surface area contributed by atoms with Gasteiger partial charge in [-0.3, -0.25) is 9.69 Å². The summed E-state index contributed by atoms with van der Waals surface area (Å²) in [7, 11) is 0. The van der Waals surface area contributed by atoms with Crippen LogP contribution in [0.4, 0.5) is 10.5 Å². The van der Waals surface area contributed by atoms with Crippen LogP contribution in [0.15, 0.2) is 24.3 Å². The average Bonchev–Trinajstić information content (AvgIpc) is 2.75. The van der Waals surface area contributed by atoms with E-state index in [1.165, 1.54) is 4.90 Å². The number of carbonyl (C=O) groups excluding carboxylic acids is 1. The van der Waals surface area contributed by atoms with E-state index in [-0.39, 0.29) is 6.54 Å². The highest BCUT2D eigenvalue weighted by Gasteiger charge is 2.47. The summed E-state index contributed by atoms with van der Waals surface area (Å²) in [5, 5.41) is 9.45. The van der Waals surface area contributed by atoms with Crippen molar-refractivity contribution in [2.45, 2.75) is 32.1 Å². The lowest BCUT2D eigenvalue weighted by Crippen LogP contribution is -2.40. The quantitative estimate of drug-likeness (QED) is 0.859. The number of ether oxygens (including phenoxy) is 1. The van der Waals surface area contributed by atoms with Gasteiger partial charge in [-0.15, -0.1) is 0 Å². The fourth-order valence-corrected chi connectivity index (χ4v) is 2.39. The highest BCUT2D eigenvalue weighted by Crippen LogP contribution is 2.41. The second kappa shape index (κ2) is 5.53. The monoisotopic (exact) mass is 277 g/mol. The van der Waals surface area contributed by atoms with Crippen molar-refractivity contribution in [1.82, 2.24) is 0 Å². The first-order chi connectivity index (χ1) is 9.50. The molecule has 20 heavy (non-hydrogen) atoms. The summed E-state index contributed by atoms with van der Waals surface area (Å²) in [6, 6.07) is 7.08. The van der Waals surface area contributed by atoms with Crippen molar-refractivity contribution in [3.63, 3.8) is 0 Å². The standard InChI is InChI=1S/C15H19NO4/c1-3-4-9-20-14(19)16-10-15(2,13(17)18)11-7-5-6-8-12(11)16/h5-8H,3-4,9-10H2,1-2H3,(H,17,18). The van der Waals surface area contributed by atoms with E-state index in [0.29, 0.717) is 17.9 Å². The minimum Gasteiger partial charge on any atom is -0.481 e. The molecular weight excluding hydrogens is 258 g/mol. The van der Waals surface area contributed by atoms with E-state index in [4.69, 9.17) is 4.74 Å². The fraction of sp³-hybridized carbons (Fsp3) is 0.467. The smallest absolute Gasteiger partial charge is 0.414 e. The summed E-state index contributed by atoms with van der Waals surface area (Å²) in [6.07, 6.45) is 1.27. The molecule has 0 fully saturated rings. The third-order valence-corrected chi connectivity index (χ3v) is 3.68. The molecule has 1 amide bonds. The Balaban J connectivity index is 2.26. The molecule has 1 aromatic carbocycles. The van der Waals surface area contributed by atoms with Gasteiger partial charge in [0.25, 0.3) is 0 Å². The maximum atomic E-state index is 12.1. The Bertz CT molecular complexity index is 528. The first-order valence-corrected chi connectivity index (χ1v) is 6.78. The largest absolute Gasteiger partial charge is 0.481 e. The van der Waals surface area contributed by atoms with Crippen molar-refractivity contribution >= 4 is 17.7 Å². The molecule has 2 rings (SSSR count). The van der Waals surface area contributed by atoms with E-state index in [9.17, 15) is 14.7 Å². The van der Waals surface area contributed by atoms with Crippen molar-refractivity contribution in [2.24, 2.45) is 0 Å². The number of amides is 1. The topological polar surface area (TPSA) is 66.8 Å². The number of benzene rings is 1. The predicted molar refractivity (Wildman–Crippen MR) is 75.0 cm³/mol. The lowest BCUT2D eigenvalue weighted by atomic mass is 9.85. The van der Waals surface area contributed by atoms with E-state index in [2.05, 4.69) is 0 Å². The van der Waals surface area contributed by atoms with Crippen LogP contribution in [-0.4, -0.2) is 30.3 Å². The zero-order valence-corrected chi connectivity index (χ0v) is 11.8. The molecule has 0 aliphatic carbocycles. The van der Waals surface area contributed by atoms with Crippen LogP contribution in [0.25, 0.3) is 0 Å². The number of hydrogen-bond acceptors (Lipinski definition) is 3. The van der Waals surface area contributed by atoms with E-state index in [1.54, 1.807) is 31.2 Å². The lowest BCUT2D eigenvalue weighted by molar-refractivity contribution is -0.142. The van der Waals surface area contributed by atoms with Gasteiger partial charge in [0, 0.05) is 6.54 Å². The number of anilines is 1. The molecule has 0 saturated heterocycles. The summed E-state index contributed by atoms with van der Waals surface area (Å²) in [5.74, 6) is -0.936. The molecule has 1 atom stereocenters. The lowest BCUT2D eigenvalue weighted by Gasteiger charge is -2.20. The number of unbranched alkanes of at least 4 members (excludes halogenated alkanes) is 1. The number of carbonyl (C=O) groups is 2. The molecule has 5 heteroatoms. The van der Waals surface area contributed by atoms with E-state index in [1.807, 2.05) is 6.92 Å². The molecule has 0 bridgehead atoms. The molecule has 1 aromatic rings. The number of aliphatic carboxylic acids is 1. The Kier molecular flexibility index (Phi) is 3.97. The third kappa shape index (κ3) is 2.35. The highest BCUT2D eigenvalue weighted by atomic mass is 16.6. The normalized spacial score (nSPS) is 20.6. The zero-order chi connectivity index (χ0) is 14.8. The molecule has 0 aromatic heterocycles. The second-order valence-corrected chi connectivity index (χ2v) is 5.21. The number of carboxylic acids is 1. The maximum absolute atomic E-state index is 12.1. The van der Waals surface area contributed by atoms with Crippen molar-refractivity contribution in [2.75, 3.05) is 18.1 Å². The molecule has 5 nitrogen and oxygen atoms in total. The Morgan fingerprint density at radius 3 is 2.75 bits per heavy atom. The average molecular weight is 277 g/mol. The minimum absolute atomic E-state index is 0.104. The van der Waals surface area contributed by atoms with Gasteiger partial charge in [-0.05, 0) is 25.0 Å². The molecule has 1 heterocycles. The van der Waals surface area contributed by atoms with Gasteiger partial charge in [-0.25, -0.2) is 4.79 Å². The Morgan fingerprint density at radius 2 is 2.10 bits per heavy atom. The number of para-hydroxylation sites is 1. The van der Waals surface area contributed by atoms with Gasteiger partial charge in [0.15, 0.2) is 0 Å². The van der Waals surface area contributed by atoms with Crippen LogP contribution < -0.4 is 4.90 Å². The predicted octanol–water partition coefficient (Wildman–Crippen LogP) is 2.79. The van der Waals surface area contributed by atoms with Crippen LogP contribution in [0.2, 0.25) is 0 Å². The number of rotatable bonds is 4. The zero-order valence-electron chi connectivity index (χ0n) is 11.8. The number of nitrogens with zero attached hydrogens (tertiary/aromatic N) is 1. The van der Waals surface area contributed by atoms with E-state index >= 15 is 0 Å². The van der Waals surface area contributed by atoms with Crippen LogP contribution in [0, 0.1) is 0 Å². The molecule has 1 aliphatic heterocycles. The SMILES string of the molecule is CCCCOC(=O)N1CC(C)(C(=O)O)c2ccccc21. The summed E-state index contributed by atoms with van der Waals surface area (Å²) in [6.45, 7) is 4.11. The summed E-state index contributed by atoms with van der Waals surface area (Å²) in [5.41, 5.74) is 0.194. The van der Waals surface area contributed by atoms with Crippen LogP contribution >= 0.6 is 0 Å². The summed E-state index contributed by atoms with van der Waals surface area (Å²) >= 11 is 0. The van der Waals surface area contributed by atoms with Gasteiger partial charge in [-0.1, -0.05) is 31.5 Å². The highest BCUT2D eigenvalue weighted by molar-refractivity contribution is 5.97. The van der Waals surface area contributed by atoms with Gasteiger partial charge in [0.1, 0.15) is 5.41 Å². The van der Waals surface area contributed by atoms with Gasteiger partial charge >= 0.3 is 12.1 Å². The van der Waals surface area contributed by atoms with Crippen molar-refractivity contribution in [3.05, 3.63) is 29.8 Å². The van der Waals surface area contributed by atoms with Gasteiger partial charge < -0.3 is 9.84 Å². The molecule has 108 valence electrons. The maximum Gasteiger partial charge on any atom is 0.414 e. The Morgan fingerprint density at radius 1 is 1.40 bits per heavy atom. The summed E-state index contributed by atoms with van der Waals surface area (Å²) < 4.78 is 5.19. The van der Waals surface area contributed by atoms with E-state index in [0.717, 1.165) is 12.8 Å². The van der Waals surface area contributed by atoms with E-state index < -0.39 is 17.5 Å². The second-order valence-electron chi connectivity index (χ2n) is 5.21. The molecule has 0 spiro atoms. The van der Waals surface area contributed by atoms with Crippen LogP contribution in [-0.2, 0) is 14.9 Å².